The van der Waals surface area contributed by atoms with Gasteiger partial charge in [0.15, 0.2) is 9.92 Å². The molecule has 4 aliphatic rings. The van der Waals surface area contributed by atoms with Crippen molar-refractivity contribution in [3.63, 3.8) is 0 Å². The molecule has 2 heterocycles. The molecule has 1 spiro atoms. The largest absolute Gasteiger partial charge is 0.472 e. The lowest BCUT2D eigenvalue weighted by atomic mass is 9.54. The number of carbonyl (C=O) groups is 1. The van der Waals surface area contributed by atoms with E-state index in [0.717, 1.165) is 31.4 Å². The van der Waals surface area contributed by atoms with Gasteiger partial charge in [0.05, 0.1) is 12.7 Å². The van der Waals surface area contributed by atoms with Crippen molar-refractivity contribution in [3.8, 4) is 5.88 Å². The summed E-state index contributed by atoms with van der Waals surface area (Å²) in [6, 6.07) is -0.669. The van der Waals surface area contributed by atoms with E-state index in [1.807, 2.05) is 6.92 Å². The average Bonchev–Trinajstić information content (AvgIpc) is 3.20. The van der Waals surface area contributed by atoms with Gasteiger partial charge in [-0.15, -0.1) is 4.36 Å². The second-order valence-electron chi connectivity index (χ2n) is 8.43. The molecular weight excluding hydrogens is 378 g/mol. The quantitative estimate of drug-likeness (QED) is 0.740. The number of urea groups is 1. The molecule has 0 radical (unpaired) electrons. The summed E-state index contributed by atoms with van der Waals surface area (Å²) in [5, 5.41) is 13.0. The number of allylic oxidation sites excluding steroid dienone is 4. The maximum atomic E-state index is 13.0. The standard InChI is InChI=1S/C19H25N5O3S/c1-11-8-19-6-4-3-5-13(19)7-14(16(11)19)22-18(25)23-28(20,26)15-9-21-24-10-12(2)27-17(15)24/h4,6,9,11-13H,3,5,7-8,10H2,1-2H3,(H3,20,22,23,25,26)/t11-,12?,13?,19?,28?/m0/s1. The summed E-state index contributed by atoms with van der Waals surface area (Å²) in [6.45, 7) is 4.63. The number of ether oxygens (including phenoxy) is 1. The lowest BCUT2D eigenvalue weighted by Gasteiger charge is -2.50. The lowest BCUT2D eigenvalue weighted by Crippen LogP contribution is -2.41. The van der Waals surface area contributed by atoms with Crippen LogP contribution in [0, 0.1) is 17.3 Å². The Hall–Kier alpha value is -2.13. The van der Waals surface area contributed by atoms with Gasteiger partial charge >= 0.3 is 6.03 Å². The van der Waals surface area contributed by atoms with Gasteiger partial charge in [-0.25, -0.2) is 18.8 Å². The Morgan fingerprint density at radius 2 is 2.32 bits per heavy atom. The molecule has 9 heteroatoms. The van der Waals surface area contributed by atoms with Gasteiger partial charge < -0.3 is 10.1 Å². The zero-order chi connectivity index (χ0) is 19.7. The number of hydrogen-bond acceptors (Lipinski definition) is 4. The molecule has 1 fully saturated rings. The Labute approximate surface area is 164 Å². The maximum absolute atomic E-state index is 13.0. The number of nitrogens with one attached hydrogen (secondary N) is 1. The van der Waals surface area contributed by atoms with E-state index in [1.54, 1.807) is 4.68 Å². The Morgan fingerprint density at radius 1 is 1.50 bits per heavy atom. The third kappa shape index (κ3) is 2.49. The van der Waals surface area contributed by atoms with Crippen LogP contribution in [0.5, 0.6) is 5.88 Å². The zero-order valence-electron chi connectivity index (χ0n) is 16.1. The summed E-state index contributed by atoms with van der Waals surface area (Å²) in [4.78, 5) is 12.8. The number of nitrogens with zero attached hydrogens (tertiary/aromatic N) is 3. The molecule has 0 saturated heterocycles. The minimum Gasteiger partial charge on any atom is -0.472 e. The maximum Gasteiger partial charge on any atom is 0.354 e. The van der Waals surface area contributed by atoms with Crippen molar-refractivity contribution in [1.29, 1.82) is 0 Å². The highest BCUT2D eigenvalue weighted by Gasteiger charge is 2.56. The highest BCUT2D eigenvalue weighted by Crippen LogP contribution is 2.65. The van der Waals surface area contributed by atoms with E-state index in [1.165, 1.54) is 11.8 Å². The van der Waals surface area contributed by atoms with Crippen molar-refractivity contribution >= 4 is 15.9 Å². The molecular formula is C19H25N5O3S. The second kappa shape index (κ2) is 5.93. The fraction of sp³-hybridized carbons (Fsp3) is 0.579. The summed E-state index contributed by atoms with van der Waals surface area (Å²) in [6.07, 6.45) is 10.1. The summed E-state index contributed by atoms with van der Waals surface area (Å²) in [7, 11) is -3.44. The minimum absolute atomic E-state index is 0.0791. The van der Waals surface area contributed by atoms with Crippen molar-refractivity contribution in [2.45, 2.75) is 57.1 Å². The third-order valence-electron chi connectivity index (χ3n) is 6.53. The summed E-state index contributed by atoms with van der Waals surface area (Å²) in [5.74, 6) is 1.32. The van der Waals surface area contributed by atoms with E-state index in [-0.39, 0.29) is 16.4 Å². The molecule has 1 saturated carbocycles. The Balaban J connectivity index is 1.42. The van der Waals surface area contributed by atoms with Gasteiger partial charge in [-0.05, 0) is 50.0 Å². The molecule has 4 unspecified atom stereocenters. The Morgan fingerprint density at radius 3 is 3.11 bits per heavy atom. The van der Waals surface area contributed by atoms with Gasteiger partial charge in [-0.3, -0.25) is 0 Å². The molecule has 1 aromatic heterocycles. The van der Waals surface area contributed by atoms with Gasteiger partial charge in [0.25, 0.3) is 0 Å². The van der Waals surface area contributed by atoms with Crippen molar-refractivity contribution in [3.05, 3.63) is 29.6 Å². The van der Waals surface area contributed by atoms with E-state index in [2.05, 4.69) is 33.9 Å². The first kappa shape index (κ1) is 17.9. The number of hydrogen-bond donors (Lipinski definition) is 2. The SMILES string of the molecule is CC1Cn2ncc(S(N)(=O)=NC(=O)NC3=C4[C@@H](C)CC45C=CCCC5C3)c2O1. The smallest absolute Gasteiger partial charge is 0.354 e. The van der Waals surface area contributed by atoms with Crippen LogP contribution in [-0.2, 0) is 16.5 Å². The van der Waals surface area contributed by atoms with Crippen LogP contribution in [0.1, 0.15) is 39.5 Å². The highest BCUT2D eigenvalue weighted by molar-refractivity contribution is 7.91. The normalized spacial score (nSPS) is 34.6. The number of rotatable bonds is 2. The summed E-state index contributed by atoms with van der Waals surface area (Å²) >= 11 is 0. The second-order valence-corrected chi connectivity index (χ2v) is 10.2. The lowest BCUT2D eigenvalue weighted by molar-refractivity contribution is 0.153. The molecule has 5 rings (SSSR count). The van der Waals surface area contributed by atoms with Crippen LogP contribution in [-0.4, -0.2) is 26.1 Å². The minimum atomic E-state index is -3.44. The molecule has 1 aliphatic heterocycles. The van der Waals surface area contributed by atoms with Crippen LogP contribution in [0.4, 0.5) is 4.79 Å². The molecule has 150 valence electrons. The Kier molecular flexibility index (Phi) is 3.80. The predicted molar refractivity (Wildman–Crippen MR) is 104 cm³/mol. The van der Waals surface area contributed by atoms with Crippen LogP contribution in [0.3, 0.4) is 0 Å². The highest BCUT2D eigenvalue weighted by atomic mass is 32.2. The van der Waals surface area contributed by atoms with Crippen molar-refractivity contribution in [1.82, 2.24) is 15.1 Å². The molecule has 1 aromatic rings. The fourth-order valence-electron chi connectivity index (χ4n) is 5.51. The molecule has 0 bridgehead atoms. The van der Waals surface area contributed by atoms with E-state index in [0.29, 0.717) is 24.3 Å². The monoisotopic (exact) mass is 403 g/mol. The van der Waals surface area contributed by atoms with Crippen molar-refractivity contribution < 1.29 is 13.7 Å². The topological polar surface area (TPSA) is 112 Å². The van der Waals surface area contributed by atoms with Gasteiger partial charge in [0.1, 0.15) is 11.0 Å². The number of amides is 2. The number of aromatic nitrogens is 2. The Bertz CT molecular complexity index is 1050. The van der Waals surface area contributed by atoms with Crippen molar-refractivity contribution in [2.75, 3.05) is 0 Å². The van der Waals surface area contributed by atoms with E-state index >= 15 is 0 Å². The zero-order valence-corrected chi connectivity index (χ0v) is 16.9. The fourth-order valence-corrected chi connectivity index (χ4v) is 6.51. The molecule has 28 heavy (non-hydrogen) atoms. The molecule has 8 nitrogen and oxygen atoms in total. The van der Waals surface area contributed by atoms with Gasteiger partial charge in [-0.2, -0.15) is 5.10 Å². The van der Waals surface area contributed by atoms with Crippen LogP contribution < -0.4 is 15.2 Å². The van der Waals surface area contributed by atoms with Gasteiger partial charge in [0.2, 0.25) is 5.88 Å². The van der Waals surface area contributed by atoms with Crippen LogP contribution in [0.15, 0.2) is 38.9 Å². The molecule has 3 aliphatic carbocycles. The van der Waals surface area contributed by atoms with E-state index < -0.39 is 15.9 Å². The number of fused-ring (bicyclic) bond motifs is 1. The molecule has 5 atom stereocenters. The summed E-state index contributed by atoms with van der Waals surface area (Å²) in [5.41, 5.74) is 2.36. The molecule has 0 aromatic carbocycles. The number of carbonyl (C=O) groups excluding carboxylic acids is 1. The molecule has 2 amide bonds. The van der Waals surface area contributed by atoms with Crippen LogP contribution in [0.25, 0.3) is 0 Å². The average molecular weight is 404 g/mol. The third-order valence-corrected chi connectivity index (χ3v) is 7.88. The molecule has 3 N–H and O–H groups in total. The summed E-state index contributed by atoms with van der Waals surface area (Å²) < 4.78 is 24.0. The first-order valence-corrected chi connectivity index (χ1v) is 11.4. The van der Waals surface area contributed by atoms with Gasteiger partial charge in [0, 0.05) is 11.1 Å². The van der Waals surface area contributed by atoms with Crippen LogP contribution >= 0.6 is 0 Å². The first-order chi connectivity index (χ1) is 13.3. The predicted octanol–water partition coefficient (Wildman–Crippen LogP) is 2.72. The van der Waals surface area contributed by atoms with Crippen molar-refractivity contribution in [2.24, 2.45) is 26.8 Å². The van der Waals surface area contributed by atoms with E-state index in [9.17, 15) is 9.00 Å². The van der Waals surface area contributed by atoms with Gasteiger partial charge in [-0.1, -0.05) is 19.1 Å². The van der Waals surface area contributed by atoms with E-state index in [4.69, 9.17) is 9.88 Å². The first-order valence-electron chi connectivity index (χ1n) is 9.80. The number of nitrogens with two attached hydrogens (primary N) is 1. The van der Waals surface area contributed by atoms with Crippen LogP contribution in [0.2, 0.25) is 0 Å².